The molecule has 32 heavy (non-hydrogen) atoms. The zero-order chi connectivity index (χ0) is 23.4. The fourth-order valence-corrected chi connectivity index (χ4v) is 3.46. The summed E-state index contributed by atoms with van der Waals surface area (Å²) in [6.45, 7) is 0.00406. The number of halogens is 1. The number of anilines is 1. The molecule has 2 aromatic rings. The zero-order valence-corrected chi connectivity index (χ0v) is 18.1. The Kier molecular flexibility index (Phi) is 6.61. The summed E-state index contributed by atoms with van der Waals surface area (Å²) in [7, 11) is 1.41. The van der Waals surface area contributed by atoms with Gasteiger partial charge in [0.1, 0.15) is 12.2 Å². The number of urea groups is 1. The number of terminal acetylenes is 1. The van der Waals surface area contributed by atoms with Crippen molar-refractivity contribution < 1.29 is 33.8 Å². The summed E-state index contributed by atoms with van der Waals surface area (Å²) in [4.78, 5) is 49.3. The van der Waals surface area contributed by atoms with Crippen LogP contribution in [0.1, 0.15) is 15.9 Å². The number of barbiturate groups is 1. The van der Waals surface area contributed by atoms with Crippen molar-refractivity contribution in [1.82, 2.24) is 5.32 Å². The molecule has 1 heterocycles. The van der Waals surface area contributed by atoms with Gasteiger partial charge in [-0.15, -0.1) is 6.42 Å². The number of carboxylic acid groups (broad SMARTS) is 1. The van der Waals surface area contributed by atoms with Gasteiger partial charge in [0.05, 0.1) is 23.2 Å². The number of carbonyl (C=O) groups excluding carboxylic acids is 4. The average molecular weight is 498 g/mol. The molecule has 4 amide bonds. The highest BCUT2D eigenvalue weighted by atomic mass is 79.9. The van der Waals surface area contributed by atoms with E-state index in [4.69, 9.17) is 15.9 Å². The van der Waals surface area contributed by atoms with Gasteiger partial charge in [0.15, 0.2) is 11.5 Å². The van der Waals surface area contributed by atoms with Gasteiger partial charge in [-0.3, -0.25) is 14.9 Å². The number of hydrogen-bond acceptors (Lipinski definition) is 7. The second-order valence-electron chi connectivity index (χ2n) is 6.32. The molecule has 0 atom stereocenters. The van der Waals surface area contributed by atoms with Crippen LogP contribution in [0.25, 0.3) is 6.08 Å². The van der Waals surface area contributed by atoms with Gasteiger partial charge in [-0.2, -0.15) is 0 Å². The minimum absolute atomic E-state index is 0.00406. The lowest BCUT2D eigenvalue weighted by Crippen LogP contribution is -2.54. The van der Waals surface area contributed by atoms with Crippen LogP contribution in [0.4, 0.5) is 10.5 Å². The Balaban J connectivity index is 2.00. The summed E-state index contributed by atoms with van der Waals surface area (Å²) in [5.41, 5.74) is 0.0314. The van der Waals surface area contributed by atoms with Crippen LogP contribution in [0.15, 0.2) is 46.4 Å². The Morgan fingerprint density at radius 3 is 2.53 bits per heavy atom. The molecule has 3 rings (SSSR count). The quantitative estimate of drug-likeness (QED) is 0.364. The highest BCUT2D eigenvalue weighted by Gasteiger charge is 2.36. The van der Waals surface area contributed by atoms with Crippen LogP contribution < -0.4 is 24.8 Å². The molecule has 162 valence electrons. The van der Waals surface area contributed by atoms with E-state index in [0.29, 0.717) is 21.5 Å². The molecule has 10 heteroatoms. The average Bonchev–Trinajstić information content (AvgIpc) is 2.75. The molecule has 0 bridgehead atoms. The summed E-state index contributed by atoms with van der Waals surface area (Å²) < 4.78 is 11.2. The number of nitrogens with zero attached hydrogens (tertiary/aromatic N) is 1. The highest BCUT2D eigenvalue weighted by Crippen LogP contribution is 2.37. The Morgan fingerprint density at radius 2 is 1.94 bits per heavy atom. The molecule has 1 aliphatic rings. The van der Waals surface area contributed by atoms with Crippen LogP contribution in [0.3, 0.4) is 0 Å². The second-order valence-corrected chi connectivity index (χ2v) is 7.17. The zero-order valence-electron chi connectivity index (χ0n) is 16.5. The molecular weight excluding hydrogens is 484 g/mol. The van der Waals surface area contributed by atoms with Crippen LogP contribution in [-0.4, -0.2) is 37.5 Å². The first-order chi connectivity index (χ1) is 15.3. The molecule has 2 aromatic carbocycles. The van der Waals surface area contributed by atoms with Crippen molar-refractivity contribution in [3.63, 3.8) is 0 Å². The topological polar surface area (TPSA) is 125 Å². The van der Waals surface area contributed by atoms with Crippen LogP contribution >= 0.6 is 15.9 Å². The molecule has 9 nitrogen and oxygen atoms in total. The number of carbonyl (C=O) groups is 4. The summed E-state index contributed by atoms with van der Waals surface area (Å²) in [5, 5.41) is 13.0. The number of nitrogens with one attached hydrogen (secondary N) is 1. The Labute approximate surface area is 190 Å². The van der Waals surface area contributed by atoms with E-state index >= 15 is 0 Å². The Morgan fingerprint density at radius 1 is 1.25 bits per heavy atom. The fourth-order valence-electron chi connectivity index (χ4n) is 2.88. The highest BCUT2D eigenvalue weighted by molar-refractivity contribution is 9.10. The van der Waals surface area contributed by atoms with Gasteiger partial charge in [0.2, 0.25) is 0 Å². The fraction of sp³-hybridized carbons (Fsp3) is 0.0909. The lowest BCUT2D eigenvalue weighted by Gasteiger charge is -2.26. The number of carboxylic acids is 1. The van der Waals surface area contributed by atoms with Gasteiger partial charge < -0.3 is 19.4 Å². The smallest absolute Gasteiger partial charge is 0.335 e. The van der Waals surface area contributed by atoms with E-state index in [-0.39, 0.29) is 23.4 Å². The number of imide groups is 2. The molecular formula is C22H14BrN2O7-. The van der Waals surface area contributed by atoms with Crippen LogP contribution in [0.2, 0.25) is 0 Å². The number of rotatable bonds is 6. The maximum absolute atomic E-state index is 13.0. The summed E-state index contributed by atoms with van der Waals surface area (Å²) in [5.74, 6) is -0.192. The third-order valence-corrected chi connectivity index (χ3v) is 4.91. The van der Waals surface area contributed by atoms with E-state index in [1.165, 1.54) is 43.5 Å². The molecule has 1 fully saturated rings. The minimum Gasteiger partial charge on any atom is -0.545 e. The van der Waals surface area contributed by atoms with Gasteiger partial charge in [-0.25, -0.2) is 9.69 Å². The van der Waals surface area contributed by atoms with E-state index in [9.17, 15) is 24.3 Å². The number of amides is 4. The number of ether oxygens (including phenoxy) is 2. The Bertz CT molecular complexity index is 1200. The molecule has 1 saturated heterocycles. The SMILES string of the molecule is C#CCOc1c(Br)cc(/C=C2\C(=O)NC(=O)N(c3ccc(C(=O)[O-])cc3)C2=O)cc1OC. The van der Waals surface area contributed by atoms with Gasteiger partial charge in [-0.05, 0) is 57.4 Å². The number of aromatic carboxylic acids is 1. The first-order valence-electron chi connectivity index (χ1n) is 8.93. The van der Waals surface area contributed by atoms with Gasteiger partial charge in [-0.1, -0.05) is 18.1 Å². The number of methoxy groups -OCH3 is 1. The van der Waals surface area contributed by atoms with E-state index in [1.807, 2.05) is 0 Å². The van der Waals surface area contributed by atoms with E-state index in [0.717, 1.165) is 4.90 Å². The summed E-state index contributed by atoms with van der Waals surface area (Å²) in [6, 6.07) is 7.02. The van der Waals surface area contributed by atoms with Crippen molar-refractivity contribution in [3.05, 3.63) is 57.6 Å². The summed E-state index contributed by atoms with van der Waals surface area (Å²) >= 11 is 3.33. The van der Waals surface area contributed by atoms with Crippen molar-refractivity contribution in [3.8, 4) is 23.8 Å². The first kappa shape index (κ1) is 22.6. The lowest BCUT2D eigenvalue weighted by molar-refractivity contribution is -0.255. The van der Waals surface area contributed by atoms with Crippen LogP contribution in [0.5, 0.6) is 11.5 Å². The van der Waals surface area contributed by atoms with Crippen molar-refractivity contribution in [2.45, 2.75) is 0 Å². The molecule has 0 radical (unpaired) electrons. The molecule has 0 spiro atoms. The van der Waals surface area contributed by atoms with Crippen molar-refractivity contribution in [2.75, 3.05) is 18.6 Å². The maximum Gasteiger partial charge on any atom is 0.335 e. The van der Waals surface area contributed by atoms with Gasteiger partial charge in [0.25, 0.3) is 11.8 Å². The van der Waals surface area contributed by atoms with Crippen molar-refractivity contribution >= 4 is 51.5 Å². The number of benzene rings is 2. The molecule has 0 unspecified atom stereocenters. The third-order valence-electron chi connectivity index (χ3n) is 4.33. The molecule has 1 N–H and O–H groups in total. The predicted molar refractivity (Wildman–Crippen MR) is 115 cm³/mol. The second kappa shape index (κ2) is 9.36. The lowest BCUT2D eigenvalue weighted by atomic mass is 10.1. The predicted octanol–water partition coefficient (Wildman–Crippen LogP) is 1.50. The Hall–Kier alpha value is -4.10. The van der Waals surface area contributed by atoms with Crippen molar-refractivity contribution in [1.29, 1.82) is 0 Å². The largest absolute Gasteiger partial charge is 0.545 e. The minimum atomic E-state index is -1.41. The maximum atomic E-state index is 13.0. The molecule has 0 aromatic heterocycles. The van der Waals surface area contributed by atoms with E-state index in [1.54, 1.807) is 6.07 Å². The van der Waals surface area contributed by atoms with Crippen LogP contribution in [-0.2, 0) is 9.59 Å². The van der Waals surface area contributed by atoms with Crippen LogP contribution in [0, 0.1) is 12.3 Å². The molecule has 0 aliphatic carbocycles. The molecule has 1 aliphatic heterocycles. The first-order valence-corrected chi connectivity index (χ1v) is 9.72. The molecule has 0 saturated carbocycles. The normalized spacial score (nSPS) is 14.7. The standard InChI is InChI=1S/C22H15BrN2O7/c1-3-8-32-18-16(23)10-12(11-17(18)31-2)9-15-19(26)24-22(30)25(20(15)27)14-6-4-13(5-7-14)21(28)29/h1,4-7,9-11H,8H2,2H3,(H,28,29)(H,24,26,30)/p-1/b15-9+. The monoisotopic (exact) mass is 497 g/mol. The van der Waals surface area contributed by atoms with Gasteiger partial charge >= 0.3 is 6.03 Å². The van der Waals surface area contributed by atoms with Gasteiger partial charge in [0, 0.05) is 0 Å². The third kappa shape index (κ3) is 4.48. The van der Waals surface area contributed by atoms with E-state index in [2.05, 4.69) is 27.2 Å². The van der Waals surface area contributed by atoms with Crippen molar-refractivity contribution in [2.24, 2.45) is 0 Å². The van der Waals surface area contributed by atoms with E-state index < -0.39 is 23.8 Å². The number of hydrogen-bond donors (Lipinski definition) is 1. The summed E-state index contributed by atoms with van der Waals surface area (Å²) in [6.07, 6.45) is 6.49.